The first-order chi connectivity index (χ1) is 9.19. The lowest BCUT2D eigenvalue weighted by atomic mass is 9.97. The molecule has 1 aromatic heterocycles. The lowest BCUT2D eigenvalue weighted by Gasteiger charge is -2.17. The Kier molecular flexibility index (Phi) is 4.60. The number of pyridine rings is 1. The number of hydrogen-bond donors (Lipinski definition) is 2. The monoisotopic (exact) mass is 259 g/mol. The van der Waals surface area contributed by atoms with Crippen LogP contribution in [0.15, 0.2) is 42.7 Å². The first-order valence-corrected chi connectivity index (χ1v) is 6.29. The van der Waals surface area contributed by atoms with Crippen molar-refractivity contribution in [2.75, 3.05) is 0 Å². The molecule has 0 aliphatic rings. The molecule has 2 aromatic rings. The van der Waals surface area contributed by atoms with Crippen LogP contribution in [-0.2, 0) is 12.8 Å². The molecule has 0 amide bonds. The molecule has 0 fully saturated rings. The molecule has 1 heterocycles. The van der Waals surface area contributed by atoms with E-state index in [2.05, 4.69) is 10.4 Å². The Labute approximate surface area is 112 Å². The number of aromatic nitrogens is 1. The van der Waals surface area contributed by atoms with Crippen LogP contribution in [-0.4, -0.2) is 11.0 Å². The van der Waals surface area contributed by atoms with E-state index in [9.17, 15) is 4.39 Å². The van der Waals surface area contributed by atoms with Gasteiger partial charge in [0, 0.05) is 18.4 Å². The second-order valence-electron chi connectivity index (χ2n) is 4.70. The summed E-state index contributed by atoms with van der Waals surface area (Å²) in [5.74, 6) is 5.38. The van der Waals surface area contributed by atoms with Crippen molar-refractivity contribution in [3.8, 4) is 0 Å². The van der Waals surface area contributed by atoms with Crippen molar-refractivity contribution in [1.82, 2.24) is 10.4 Å². The smallest absolute Gasteiger partial charge is 0.123 e. The number of halogens is 1. The summed E-state index contributed by atoms with van der Waals surface area (Å²) < 4.78 is 13.3. The maximum Gasteiger partial charge on any atom is 0.123 e. The van der Waals surface area contributed by atoms with Crippen LogP contribution in [0, 0.1) is 12.7 Å². The van der Waals surface area contributed by atoms with E-state index in [0.717, 1.165) is 23.1 Å². The highest BCUT2D eigenvalue weighted by Gasteiger charge is 2.11. The van der Waals surface area contributed by atoms with E-state index >= 15 is 0 Å². The van der Waals surface area contributed by atoms with Gasteiger partial charge in [0.1, 0.15) is 5.82 Å². The van der Waals surface area contributed by atoms with Crippen LogP contribution in [0.4, 0.5) is 4.39 Å². The summed E-state index contributed by atoms with van der Waals surface area (Å²) in [6.07, 6.45) is 5.02. The molecule has 0 saturated carbocycles. The number of hydrogen-bond acceptors (Lipinski definition) is 3. The minimum absolute atomic E-state index is 0.0599. The van der Waals surface area contributed by atoms with Crippen molar-refractivity contribution < 1.29 is 4.39 Å². The fourth-order valence-electron chi connectivity index (χ4n) is 2.12. The Morgan fingerprint density at radius 2 is 2.16 bits per heavy atom. The topological polar surface area (TPSA) is 50.9 Å². The van der Waals surface area contributed by atoms with Gasteiger partial charge in [-0.1, -0.05) is 12.1 Å². The molecule has 0 radical (unpaired) electrons. The van der Waals surface area contributed by atoms with Gasteiger partial charge in [0.2, 0.25) is 0 Å². The molecule has 3 N–H and O–H groups in total. The highest BCUT2D eigenvalue weighted by Crippen LogP contribution is 2.14. The van der Waals surface area contributed by atoms with Crippen LogP contribution < -0.4 is 11.3 Å². The molecular formula is C15H18FN3. The third-order valence-corrected chi connectivity index (χ3v) is 3.22. The van der Waals surface area contributed by atoms with Crippen LogP contribution in [0.5, 0.6) is 0 Å². The summed E-state index contributed by atoms with van der Waals surface area (Å²) in [6, 6.07) is 8.81. The van der Waals surface area contributed by atoms with E-state index in [1.54, 1.807) is 18.3 Å². The Morgan fingerprint density at radius 1 is 1.32 bits per heavy atom. The minimum atomic E-state index is -0.210. The SMILES string of the molecule is Cc1ccc(F)cc1CC(Cc1cccnc1)NN. The van der Waals surface area contributed by atoms with Crippen molar-refractivity contribution in [1.29, 1.82) is 0 Å². The van der Waals surface area contributed by atoms with Gasteiger partial charge in [0.25, 0.3) is 0 Å². The maximum atomic E-state index is 13.3. The van der Waals surface area contributed by atoms with Gasteiger partial charge in [-0.05, 0) is 54.7 Å². The van der Waals surface area contributed by atoms with Gasteiger partial charge in [0.15, 0.2) is 0 Å². The van der Waals surface area contributed by atoms with Crippen LogP contribution in [0.25, 0.3) is 0 Å². The molecule has 1 unspecified atom stereocenters. The highest BCUT2D eigenvalue weighted by molar-refractivity contribution is 5.27. The predicted octanol–water partition coefficient (Wildman–Crippen LogP) is 2.15. The molecule has 0 bridgehead atoms. The molecule has 1 atom stereocenters. The van der Waals surface area contributed by atoms with Crippen LogP contribution in [0.1, 0.15) is 16.7 Å². The van der Waals surface area contributed by atoms with Crippen molar-refractivity contribution in [2.45, 2.75) is 25.8 Å². The Bertz CT molecular complexity index is 528. The van der Waals surface area contributed by atoms with E-state index < -0.39 is 0 Å². The molecular weight excluding hydrogens is 241 g/mol. The summed E-state index contributed by atoms with van der Waals surface area (Å²) >= 11 is 0. The quantitative estimate of drug-likeness (QED) is 0.639. The normalized spacial score (nSPS) is 12.4. The molecule has 0 aliphatic heterocycles. The van der Waals surface area contributed by atoms with Gasteiger partial charge in [-0.25, -0.2) is 4.39 Å². The third-order valence-electron chi connectivity index (χ3n) is 3.22. The molecule has 19 heavy (non-hydrogen) atoms. The zero-order chi connectivity index (χ0) is 13.7. The van der Waals surface area contributed by atoms with Crippen molar-refractivity contribution in [3.63, 3.8) is 0 Å². The number of nitrogens with zero attached hydrogens (tertiary/aromatic N) is 1. The standard InChI is InChI=1S/C15H18FN3/c1-11-4-5-14(16)8-13(11)9-15(19-17)7-12-3-2-6-18-10-12/h2-6,8,10,15,19H,7,9,17H2,1H3. The fraction of sp³-hybridized carbons (Fsp3) is 0.267. The molecule has 100 valence electrons. The van der Waals surface area contributed by atoms with Gasteiger partial charge >= 0.3 is 0 Å². The summed E-state index contributed by atoms with van der Waals surface area (Å²) in [6.45, 7) is 1.98. The van der Waals surface area contributed by atoms with Gasteiger partial charge in [-0.2, -0.15) is 0 Å². The molecule has 3 nitrogen and oxygen atoms in total. The summed E-state index contributed by atoms with van der Waals surface area (Å²) in [5.41, 5.74) is 5.96. The number of benzene rings is 1. The first kappa shape index (κ1) is 13.6. The second-order valence-corrected chi connectivity index (χ2v) is 4.70. The zero-order valence-corrected chi connectivity index (χ0v) is 10.9. The molecule has 2 rings (SSSR count). The van der Waals surface area contributed by atoms with Crippen LogP contribution in [0.2, 0.25) is 0 Å². The van der Waals surface area contributed by atoms with E-state index in [-0.39, 0.29) is 11.9 Å². The van der Waals surface area contributed by atoms with E-state index in [0.29, 0.717) is 6.42 Å². The van der Waals surface area contributed by atoms with Gasteiger partial charge in [-0.3, -0.25) is 16.3 Å². The Morgan fingerprint density at radius 3 is 2.84 bits per heavy atom. The maximum absolute atomic E-state index is 13.3. The highest BCUT2D eigenvalue weighted by atomic mass is 19.1. The van der Waals surface area contributed by atoms with Crippen LogP contribution in [0.3, 0.4) is 0 Å². The van der Waals surface area contributed by atoms with E-state index in [1.165, 1.54) is 6.07 Å². The van der Waals surface area contributed by atoms with Crippen molar-refractivity contribution >= 4 is 0 Å². The average Bonchev–Trinajstić information content (AvgIpc) is 2.43. The summed E-state index contributed by atoms with van der Waals surface area (Å²) in [4.78, 5) is 4.08. The number of rotatable bonds is 5. The van der Waals surface area contributed by atoms with Crippen LogP contribution >= 0.6 is 0 Å². The van der Waals surface area contributed by atoms with Gasteiger partial charge < -0.3 is 0 Å². The van der Waals surface area contributed by atoms with Crippen molar-refractivity contribution in [2.24, 2.45) is 5.84 Å². The van der Waals surface area contributed by atoms with E-state index in [4.69, 9.17) is 5.84 Å². The average molecular weight is 259 g/mol. The zero-order valence-electron chi connectivity index (χ0n) is 10.9. The summed E-state index contributed by atoms with van der Waals surface area (Å²) in [7, 11) is 0. The van der Waals surface area contributed by atoms with Gasteiger partial charge in [-0.15, -0.1) is 0 Å². The minimum Gasteiger partial charge on any atom is -0.271 e. The Hall–Kier alpha value is -1.78. The predicted molar refractivity (Wildman–Crippen MR) is 73.9 cm³/mol. The molecule has 0 saturated heterocycles. The second kappa shape index (κ2) is 6.41. The number of aryl methyl sites for hydroxylation is 1. The van der Waals surface area contributed by atoms with Gasteiger partial charge in [0.05, 0.1) is 0 Å². The number of hydrazine groups is 1. The number of nitrogens with one attached hydrogen (secondary N) is 1. The number of nitrogens with two attached hydrogens (primary N) is 1. The largest absolute Gasteiger partial charge is 0.271 e. The molecule has 1 aromatic carbocycles. The summed E-state index contributed by atoms with van der Waals surface area (Å²) in [5, 5.41) is 0. The van der Waals surface area contributed by atoms with Crippen molar-refractivity contribution in [3.05, 3.63) is 65.2 Å². The lowest BCUT2D eigenvalue weighted by molar-refractivity contribution is 0.519. The fourth-order valence-corrected chi connectivity index (χ4v) is 2.12. The third kappa shape index (κ3) is 3.84. The lowest BCUT2D eigenvalue weighted by Crippen LogP contribution is -2.38. The Balaban J connectivity index is 2.09. The molecule has 0 aliphatic carbocycles. The molecule has 0 spiro atoms. The molecule has 4 heteroatoms. The van der Waals surface area contributed by atoms with E-state index in [1.807, 2.05) is 25.3 Å². The first-order valence-electron chi connectivity index (χ1n) is 6.29.